The summed E-state index contributed by atoms with van der Waals surface area (Å²) in [6.45, 7) is -0.264. The molecule has 4 rings (SSSR count). The van der Waals surface area contributed by atoms with Gasteiger partial charge in [-0.2, -0.15) is 0 Å². The smallest absolute Gasteiger partial charge is 0.255 e. The summed E-state index contributed by atoms with van der Waals surface area (Å²) in [7, 11) is 0. The second kappa shape index (κ2) is 7.34. The van der Waals surface area contributed by atoms with E-state index in [1.807, 2.05) is 6.07 Å². The molecule has 0 aliphatic carbocycles. The SMILES string of the molecule is NC(=O)COc1cccc(C2CC(=O)Nc3c2ncn3-c2cc(F)cc(F)c2)c1. The summed E-state index contributed by atoms with van der Waals surface area (Å²) in [5, 5.41) is 2.72. The average Bonchev–Trinajstić information content (AvgIpc) is 3.09. The summed E-state index contributed by atoms with van der Waals surface area (Å²) in [4.78, 5) is 27.6. The Morgan fingerprint density at radius 2 is 2.00 bits per heavy atom. The van der Waals surface area contributed by atoms with Crippen LogP contribution in [0.3, 0.4) is 0 Å². The fraction of sp³-hybridized carbons (Fsp3) is 0.150. The topological polar surface area (TPSA) is 99.2 Å². The van der Waals surface area contributed by atoms with E-state index >= 15 is 0 Å². The molecule has 0 fully saturated rings. The zero-order valence-electron chi connectivity index (χ0n) is 15.1. The van der Waals surface area contributed by atoms with Gasteiger partial charge in [0, 0.05) is 18.4 Å². The van der Waals surface area contributed by atoms with Crippen molar-refractivity contribution in [2.24, 2.45) is 5.73 Å². The predicted octanol–water partition coefficient (Wildman–Crippen LogP) is 2.49. The third kappa shape index (κ3) is 3.79. The number of halogens is 2. The van der Waals surface area contributed by atoms with E-state index in [2.05, 4.69) is 10.3 Å². The van der Waals surface area contributed by atoms with E-state index in [0.717, 1.165) is 23.8 Å². The largest absolute Gasteiger partial charge is 0.484 e. The molecule has 9 heteroatoms. The molecule has 2 aromatic carbocycles. The molecule has 0 saturated carbocycles. The molecule has 3 N–H and O–H groups in total. The van der Waals surface area contributed by atoms with Crippen molar-refractivity contribution >= 4 is 17.6 Å². The van der Waals surface area contributed by atoms with Gasteiger partial charge in [-0.3, -0.25) is 14.2 Å². The fourth-order valence-corrected chi connectivity index (χ4v) is 3.33. The van der Waals surface area contributed by atoms with Crippen LogP contribution < -0.4 is 15.8 Å². The number of carbonyl (C=O) groups excluding carboxylic acids is 2. The summed E-state index contributed by atoms with van der Waals surface area (Å²) in [6.07, 6.45) is 1.55. The molecule has 0 radical (unpaired) electrons. The normalized spacial score (nSPS) is 15.5. The number of amides is 2. The second-order valence-electron chi connectivity index (χ2n) is 6.61. The number of rotatable bonds is 5. The maximum absolute atomic E-state index is 13.6. The van der Waals surface area contributed by atoms with Gasteiger partial charge in [0.15, 0.2) is 6.61 Å². The first kappa shape index (κ1) is 18.6. The minimum atomic E-state index is -0.736. The highest BCUT2D eigenvalue weighted by molar-refractivity contribution is 5.94. The second-order valence-corrected chi connectivity index (χ2v) is 6.61. The highest BCUT2D eigenvalue weighted by atomic mass is 19.1. The number of nitrogens with zero attached hydrogens (tertiary/aromatic N) is 2. The van der Waals surface area contributed by atoms with Gasteiger partial charge in [0.05, 0.1) is 11.4 Å². The molecule has 1 aromatic heterocycles. The van der Waals surface area contributed by atoms with Gasteiger partial charge in [0.2, 0.25) is 5.91 Å². The number of imidazole rings is 1. The lowest BCUT2D eigenvalue weighted by Gasteiger charge is -2.23. The Kier molecular flexibility index (Phi) is 4.71. The van der Waals surface area contributed by atoms with Crippen molar-refractivity contribution in [1.29, 1.82) is 0 Å². The number of carbonyl (C=O) groups is 2. The van der Waals surface area contributed by atoms with Gasteiger partial charge in [-0.25, -0.2) is 13.8 Å². The number of hydrogen-bond acceptors (Lipinski definition) is 4. The molecule has 0 spiro atoms. The summed E-state index contributed by atoms with van der Waals surface area (Å²) < 4.78 is 34.0. The fourth-order valence-electron chi connectivity index (χ4n) is 3.33. The number of nitrogens with one attached hydrogen (secondary N) is 1. The van der Waals surface area contributed by atoms with E-state index < -0.39 is 23.5 Å². The van der Waals surface area contributed by atoms with Crippen molar-refractivity contribution in [2.75, 3.05) is 11.9 Å². The van der Waals surface area contributed by atoms with E-state index in [-0.39, 0.29) is 24.6 Å². The Morgan fingerprint density at radius 3 is 2.72 bits per heavy atom. The molecule has 1 unspecified atom stereocenters. The number of nitrogens with two attached hydrogens (primary N) is 1. The van der Waals surface area contributed by atoms with Gasteiger partial charge in [-0.1, -0.05) is 12.1 Å². The van der Waals surface area contributed by atoms with Crippen molar-refractivity contribution in [3.05, 3.63) is 71.7 Å². The first-order valence-electron chi connectivity index (χ1n) is 8.75. The Balaban J connectivity index is 1.73. The number of aromatic nitrogens is 2. The van der Waals surface area contributed by atoms with Crippen molar-refractivity contribution in [3.8, 4) is 11.4 Å². The third-order valence-electron chi connectivity index (χ3n) is 4.54. The van der Waals surface area contributed by atoms with Crippen LogP contribution in [0.25, 0.3) is 5.69 Å². The Hall–Kier alpha value is -3.75. The number of fused-ring (bicyclic) bond motifs is 1. The van der Waals surface area contributed by atoms with Crippen LogP contribution in [0, 0.1) is 11.6 Å². The van der Waals surface area contributed by atoms with E-state index in [0.29, 0.717) is 17.3 Å². The van der Waals surface area contributed by atoms with Gasteiger partial charge in [0.25, 0.3) is 5.91 Å². The van der Waals surface area contributed by atoms with Gasteiger partial charge in [-0.15, -0.1) is 0 Å². The lowest BCUT2D eigenvalue weighted by atomic mass is 9.89. The zero-order chi connectivity index (χ0) is 20.5. The van der Waals surface area contributed by atoms with Gasteiger partial charge >= 0.3 is 0 Å². The van der Waals surface area contributed by atoms with Crippen molar-refractivity contribution in [2.45, 2.75) is 12.3 Å². The molecule has 148 valence electrons. The van der Waals surface area contributed by atoms with Crippen molar-refractivity contribution in [1.82, 2.24) is 9.55 Å². The van der Waals surface area contributed by atoms with Crippen LogP contribution >= 0.6 is 0 Å². The minimum absolute atomic E-state index is 0.140. The third-order valence-corrected chi connectivity index (χ3v) is 4.54. The van der Waals surface area contributed by atoms with Crippen LogP contribution in [0.4, 0.5) is 14.6 Å². The van der Waals surface area contributed by atoms with Crippen LogP contribution in [0.2, 0.25) is 0 Å². The van der Waals surface area contributed by atoms with Crippen LogP contribution in [-0.2, 0) is 9.59 Å². The molecular weight excluding hydrogens is 382 g/mol. The van der Waals surface area contributed by atoms with Gasteiger partial charge in [-0.05, 0) is 29.8 Å². The molecule has 7 nitrogen and oxygen atoms in total. The molecule has 1 aliphatic rings. The maximum Gasteiger partial charge on any atom is 0.255 e. The van der Waals surface area contributed by atoms with Crippen molar-refractivity contribution in [3.63, 3.8) is 0 Å². The van der Waals surface area contributed by atoms with Crippen LogP contribution in [0.1, 0.15) is 23.6 Å². The van der Waals surface area contributed by atoms with Crippen LogP contribution in [-0.4, -0.2) is 28.0 Å². The average molecular weight is 398 g/mol. The Bertz CT molecular complexity index is 1090. The Morgan fingerprint density at radius 1 is 1.24 bits per heavy atom. The molecule has 1 atom stereocenters. The standard InChI is InChI=1S/C20H16F2N4O3/c21-12-5-13(22)7-14(6-12)26-10-24-19-16(8-18(28)25-20(19)26)11-2-1-3-15(4-11)29-9-17(23)27/h1-7,10,16H,8-9H2,(H2,23,27)(H,25,28). The van der Waals surface area contributed by atoms with E-state index in [1.54, 1.807) is 18.2 Å². The number of ether oxygens (including phenoxy) is 1. The summed E-state index contributed by atoms with van der Waals surface area (Å²) in [5.41, 5.74) is 6.61. The van der Waals surface area contributed by atoms with Crippen LogP contribution in [0.15, 0.2) is 48.8 Å². The molecule has 2 amide bonds. The van der Waals surface area contributed by atoms with Gasteiger partial charge < -0.3 is 15.8 Å². The van der Waals surface area contributed by atoms with E-state index in [4.69, 9.17) is 10.5 Å². The lowest BCUT2D eigenvalue weighted by Crippen LogP contribution is -2.25. The maximum atomic E-state index is 13.6. The first-order valence-corrected chi connectivity index (χ1v) is 8.75. The number of hydrogen-bond donors (Lipinski definition) is 2. The first-order chi connectivity index (χ1) is 13.9. The lowest BCUT2D eigenvalue weighted by molar-refractivity contribution is -0.120. The molecule has 2 heterocycles. The molecule has 3 aromatic rings. The molecule has 0 bridgehead atoms. The molecule has 0 saturated heterocycles. The van der Waals surface area contributed by atoms with E-state index in [9.17, 15) is 18.4 Å². The Labute approximate surface area is 164 Å². The summed E-state index contributed by atoms with van der Waals surface area (Å²) in [5.74, 6) is -1.95. The quantitative estimate of drug-likeness (QED) is 0.690. The summed E-state index contributed by atoms with van der Waals surface area (Å²) >= 11 is 0. The molecule has 1 aliphatic heterocycles. The molecular formula is C20H16F2N4O3. The van der Waals surface area contributed by atoms with Crippen LogP contribution in [0.5, 0.6) is 5.75 Å². The summed E-state index contributed by atoms with van der Waals surface area (Å²) in [6, 6.07) is 9.99. The van der Waals surface area contributed by atoms with E-state index in [1.165, 1.54) is 10.9 Å². The zero-order valence-corrected chi connectivity index (χ0v) is 15.1. The minimum Gasteiger partial charge on any atom is -0.484 e. The number of primary amides is 1. The van der Waals surface area contributed by atoms with Crippen molar-refractivity contribution < 1.29 is 23.1 Å². The number of anilines is 1. The predicted molar refractivity (Wildman–Crippen MR) is 99.7 cm³/mol. The highest BCUT2D eigenvalue weighted by Crippen LogP contribution is 2.38. The monoisotopic (exact) mass is 398 g/mol. The number of benzene rings is 2. The van der Waals surface area contributed by atoms with Gasteiger partial charge in [0.1, 0.15) is 29.5 Å². The highest BCUT2D eigenvalue weighted by Gasteiger charge is 2.31. The molecule has 29 heavy (non-hydrogen) atoms.